The molecular weight excluding hydrogens is 344 g/mol. The van der Waals surface area contributed by atoms with Crippen LogP contribution in [0.5, 0.6) is 17.4 Å². The van der Waals surface area contributed by atoms with Crippen molar-refractivity contribution in [1.29, 1.82) is 5.26 Å². The molecule has 1 aliphatic heterocycles. The van der Waals surface area contributed by atoms with Crippen molar-refractivity contribution in [3.63, 3.8) is 0 Å². The fraction of sp³-hybridized carbons (Fsp3) is 0.100. The number of allylic oxidation sites excluding steroid dienone is 1. The van der Waals surface area contributed by atoms with Gasteiger partial charge >= 0.3 is 0 Å². The number of nitriles is 1. The molecule has 1 aromatic heterocycles. The molecule has 0 unspecified atom stereocenters. The molecule has 0 bridgehead atoms. The van der Waals surface area contributed by atoms with Crippen LogP contribution in [0.4, 0.5) is 0 Å². The molecule has 2 heterocycles. The Balaban J connectivity index is 1.95. The number of benzene rings is 2. The van der Waals surface area contributed by atoms with Crippen molar-refractivity contribution in [3.8, 4) is 34.7 Å². The van der Waals surface area contributed by atoms with Crippen molar-refractivity contribution in [2.45, 2.75) is 12.8 Å². The lowest BCUT2D eigenvalue weighted by Gasteiger charge is -2.24. The minimum atomic E-state index is -0.597. The Kier molecular flexibility index (Phi) is 3.74. The quantitative estimate of drug-likeness (QED) is 0.520. The lowest BCUT2D eigenvalue weighted by molar-refractivity contribution is 0.378. The molecule has 2 aromatic carbocycles. The van der Waals surface area contributed by atoms with Crippen molar-refractivity contribution < 1.29 is 14.9 Å². The van der Waals surface area contributed by atoms with E-state index in [0.717, 1.165) is 11.1 Å². The minimum Gasteiger partial charge on any atom is -0.504 e. The lowest BCUT2D eigenvalue weighted by Crippen LogP contribution is -2.20. The molecule has 0 saturated heterocycles. The zero-order valence-corrected chi connectivity index (χ0v) is 14.4. The number of nitrogens with one attached hydrogen (secondary N) is 1. The highest BCUT2D eigenvalue weighted by atomic mass is 16.5. The topological polar surface area (TPSA) is 128 Å². The zero-order chi connectivity index (χ0) is 19.1. The summed E-state index contributed by atoms with van der Waals surface area (Å²) in [6.07, 6.45) is 0. The third-order valence-electron chi connectivity index (χ3n) is 4.61. The molecule has 0 radical (unpaired) electrons. The largest absolute Gasteiger partial charge is 0.504 e. The number of hydrogen-bond donors (Lipinski definition) is 4. The second-order valence-corrected chi connectivity index (χ2v) is 6.36. The summed E-state index contributed by atoms with van der Waals surface area (Å²) in [7, 11) is 0. The molecule has 7 heteroatoms. The van der Waals surface area contributed by atoms with Gasteiger partial charge in [-0.1, -0.05) is 35.9 Å². The van der Waals surface area contributed by atoms with Crippen LogP contribution in [0.3, 0.4) is 0 Å². The van der Waals surface area contributed by atoms with Crippen molar-refractivity contribution in [3.05, 3.63) is 70.6 Å². The summed E-state index contributed by atoms with van der Waals surface area (Å²) in [4.78, 5) is 0. The van der Waals surface area contributed by atoms with Crippen molar-refractivity contribution >= 4 is 0 Å². The van der Waals surface area contributed by atoms with Crippen molar-refractivity contribution in [2.24, 2.45) is 5.73 Å². The van der Waals surface area contributed by atoms with Gasteiger partial charge in [0.2, 0.25) is 11.8 Å². The predicted octanol–water partition coefficient (Wildman–Crippen LogP) is 3.01. The van der Waals surface area contributed by atoms with Gasteiger partial charge in [-0.05, 0) is 24.6 Å². The first-order valence-electron chi connectivity index (χ1n) is 8.24. The van der Waals surface area contributed by atoms with Crippen LogP contribution in [0.2, 0.25) is 0 Å². The number of aryl methyl sites for hydroxylation is 1. The number of ether oxygens (including phenoxy) is 1. The normalized spacial score (nSPS) is 15.8. The summed E-state index contributed by atoms with van der Waals surface area (Å²) in [5, 5.41) is 36.4. The van der Waals surface area contributed by atoms with Crippen LogP contribution in [0.15, 0.2) is 53.9 Å². The smallest absolute Gasteiger partial charge is 0.244 e. The molecule has 3 aromatic rings. The molecule has 0 amide bonds. The van der Waals surface area contributed by atoms with Gasteiger partial charge in [0.1, 0.15) is 11.6 Å². The molecule has 134 valence electrons. The molecule has 1 aliphatic rings. The highest BCUT2D eigenvalue weighted by Gasteiger charge is 2.35. The molecule has 0 fully saturated rings. The summed E-state index contributed by atoms with van der Waals surface area (Å²) in [6, 6.07) is 14.4. The number of phenols is 2. The Bertz CT molecular complexity index is 1110. The van der Waals surface area contributed by atoms with E-state index in [1.807, 2.05) is 31.2 Å². The Labute approximate surface area is 155 Å². The fourth-order valence-electron chi connectivity index (χ4n) is 3.24. The van der Waals surface area contributed by atoms with Crippen LogP contribution in [-0.4, -0.2) is 20.4 Å². The van der Waals surface area contributed by atoms with Crippen LogP contribution < -0.4 is 10.5 Å². The zero-order valence-electron chi connectivity index (χ0n) is 14.4. The first-order valence-corrected chi connectivity index (χ1v) is 8.24. The highest BCUT2D eigenvalue weighted by Crippen LogP contribution is 2.46. The summed E-state index contributed by atoms with van der Waals surface area (Å²) in [5.41, 5.74) is 10.1. The number of aromatic amines is 1. The number of hydrogen-bond acceptors (Lipinski definition) is 6. The maximum Gasteiger partial charge on any atom is 0.244 e. The summed E-state index contributed by atoms with van der Waals surface area (Å²) < 4.78 is 5.55. The van der Waals surface area contributed by atoms with Crippen molar-refractivity contribution in [1.82, 2.24) is 10.2 Å². The van der Waals surface area contributed by atoms with E-state index in [-0.39, 0.29) is 28.8 Å². The number of aromatic hydroxyl groups is 2. The Hall–Kier alpha value is -3.92. The number of nitrogens with zero attached hydrogens (tertiary/aromatic N) is 2. The van der Waals surface area contributed by atoms with Crippen LogP contribution in [0.25, 0.3) is 11.3 Å². The van der Waals surface area contributed by atoms with E-state index in [0.29, 0.717) is 16.8 Å². The SMILES string of the molecule is Cc1ccc(-c2[nH]nc3c2[C@@H](c2ccc(O)c(O)c2)C(C#N)=C(N)O3)cc1. The highest BCUT2D eigenvalue weighted by molar-refractivity contribution is 5.71. The van der Waals surface area contributed by atoms with Crippen molar-refractivity contribution in [2.75, 3.05) is 0 Å². The van der Waals surface area contributed by atoms with Gasteiger partial charge in [0, 0.05) is 5.56 Å². The van der Waals surface area contributed by atoms with E-state index >= 15 is 0 Å². The van der Waals surface area contributed by atoms with Crippen LogP contribution in [0, 0.1) is 18.3 Å². The summed E-state index contributed by atoms with van der Waals surface area (Å²) >= 11 is 0. The molecule has 4 rings (SSSR count). The van der Waals surface area contributed by atoms with Gasteiger partial charge in [0.05, 0.1) is 17.2 Å². The number of phenolic OH excluding ortho intramolecular Hbond substituents is 2. The molecule has 0 saturated carbocycles. The van der Waals surface area contributed by atoms with E-state index in [9.17, 15) is 15.5 Å². The van der Waals surface area contributed by atoms with Crippen LogP contribution >= 0.6 is 0 Å². The van der Waals surface area contributed by atoms with E-state index in [2.05, 4.69) is 16.3 Å². The Morgan fingerprint density at radius 2 is 1.89 bits per heavy atom. The van der Waals surface area contributed by atoms with E-state index in [1.165, 1.54) is 12.1 Å². The van der Waals surface area contributed by atoms with Gasteiger partial charge in [-0.3, -0.25) is 5.10 Å². The maximum absolute atomic E-state index is 9.94. The molecule has 5 N–H and O–H groups in total. The van der Waals surface area contributed by atoms with E-state index < -0.39 is 5.92 Å². The maximum atomic E-state index is 9.94. The number of nitrogens with two attached hydrogens (primary N) is 1. The Morgan fingerprint density at radius 1 is 1.15 bits per heavy atom. The fourth-order valence-corrected chi connectivity index (χ4v) is 3.24. The Morgan fingerprint density at radius 3 is 2.56 bits per heavy atom. The molecule has 7 nitrogen and oxygen atoms in total. The number of rotatable bonds is 2. The van der Waals surface area contributed by atoms with Gasteiger partial charge in [0.25, 0.3) is 0 Å². The van der Waals surface area contributed by atoms with Crippen LogP contribution in [-0.2, 0) is 0 Å². The average Bonchev–Trinajstić information content (AvgIpc) is 3.07. The van der Waals surface area contributed by atoms with Gasteiger partial charge in [-0.2, -0.15) is 5.26 Å². The van der Waals surface area contributed by atoms with Gasteiger partial charge in [-0.25, -0.2) is 0 Å². The van der Waals surface area contributed by atoms with E-state index in [4.69, 9.17) is 10.5 Å². The van der Waals surface area contributed by atoms with E-state index in [1.54, 1.807) is 6.07 Å². The number of fused-ring (bicyclic) bond motifs is 1. The first-order chi connectivity index (χ1) is 13.0. The lowest BCUT2D eigenvalue weighted by atomic mass is 9.83. The second-order valence-electron chi connectivity index (χ2n) is 6.36. The third-order valence-corrected chi connectivity index (χ3v) is 4.61. The average molecular weight is 360 g/mol. The van der Waals surface area contributed by atoms with Gasteiger partial charge < -0.3 is 20.7 Å². The van der Waals surface area contributed by atoms with Gasteiger partial charge in [0.15, 0.2) is 11.5 Å². The van der Waals surface area contributed by atoms with Gasteiger partial charge in [-0.15, -0.1) is 5.10 Å². The standard InChI is InChI=1S/C20H16N4O3/c1-10-2-4-11(5-3-10)18-17-16(12-6-7-14(25)15(26)8-12)13(9-21)19(22)27-20(17)24-23-18/h2-8,16,25-26H,22H2,1H3,(H,23,24)/t16-/m0/s1. The molecule has 0 spiro atoms. The number of H-pyrrole nitrogens is 1. The number of aromatic nitrogens is 2. The first kappa shape index (κ1) is 16.5. The molecule has 1 atom stereocenters. The predicted molar refractivity (Wildman–Crippen MR) is 97.8 cm³/mol. The molecule has 0 aliphatic carbocycles. The minimum absolute atomic E-state index is 0.0375. The molecular formula is C20H16N4O3. The monoisotopic (exact) mass is 360 g/mol. The second kappa shape index (κ2) is 6.11. The third kappa shape index (κ3) is 2.64. The summed E-state index contributed by atoms with van der Waals surface area (Å²) in [6.45, 7) is 1.99. The summed E-state index contributed by atoms with van der Waals surface area (Å²) in [5.74, 6) is -0.881. The van der Waals surface area contributed by atoms with Crippen LogP contribution in [0.1, 0.15) is 22.6 Å². The molecule has 27 heavy (non-hydrogen) atoms.